The van der Waals surface area contributed by atoms with Crippen molar-refractivity contribution >= 4 is 11.9 Å². The molecule has 2 rings (SSSR count). The predicted octanol–water partition coefficient (Wildman–Crippen LogP) is 0.308. The minimum Gasteiger partial charge on any atom is -0.481 e. The van der Waals surface area contributed by atoms with Gasteiger partial charge in [-0.05, 0) is 32.2 Å². The third kappa shape index (κ3) is 2.16. The molecule has 0 radical (unpaired) electrons. The molecule has 2 heterocycles. The number of carbonyl (C=O) groups is 2. The van der Waals surface area contributed by atoms with Crippen LogP contribution in [0.4, 0.5) is 0 Å². The van der Waals surface area contributed by atoms with Gasteiger partial charge < -0.3 is 15.3 Å². The SMILES string of the molecule is CC1CCNC1C(=O)N1CCC(C)(C(=O)O)C1. The van der Waals surface area contributed by atoms with Gasteiger partial charge in [-0.3, -0.25) is 9.59 Å². The number of likely N-dealkylation sites (tertiary alicyclic amines) is 1. The Bertz CT molecular complexity index is 345. The van der Waals surface area contributed by atoms with Gasteiger partial charge in [-0.2, -0.15) is 0 Å². The lowest BCUT2D eigenvalue weighted by Gasteiger charge is -2.24. The number of hydrogen-bond acceptors (Lipinski definition) is 3. The van der Waals surface area contributed by atoms with E-state index in [1.165, 1.54) is 0 Å². The zero-order valence-electron chi connectivity index (χ0n) is 10.4. The van der Waals surface area contributed by atoms with Gasteiger partial charge >= 0.3 is 5.97 Å². The van der Waals surface area contributed by atoms with Crippen LogP contribution in [0.25, 0.3) is 0 Å². The van der Waals surface area contributed by atoms with Gasteiger partial charge in [0.2, 0.25) is 5.91 Å². The molecule has 3 unspecified atom stereocenters. The van der Waals surface area contributed by atoms with Gasteiger partial charge in [0.1, 0.15) is 0 Å². The molecular formula is C12H20N2O3. The van der Waals surface area contributed by atoms with E-state index in [4.69, 9.17) is 5.11 Å². The van der Waals surface area contributed by atoms with Crippen LogP contribution in [0.3, 0.4) is 0 Å². The Morgan fingerprint density at radius 1 is 1.47 bits per heavy atom. The summed E-state index contributed by atoms with van der Waals surface area (Å²) < 4.78 is 0. The molecule has 1 amide bonds. The topological polar surface area (TPSA) is 69.6 Å². The summed E-state index contributed by atoms with van der Waals surface area (Å²) in [4.78, 5) is 25.1. The van der Waals surface area contributed by atoms with Crippen molar-refractivity contribution in [3.05, 3.63) is 0 Å². The number of carbonyl (C=O) groups excluding carboxylic acids is 1. The van der Waals surface area contributed by atoms with Crippen molar-refractivity contribution in [2.45, 2.75) is 32.7 Å². The molecule has 0 spiro atoms. The normalized spacial score (nSPS) is 37.4. The van der Waals surface area contributed by atoms with Crippen molar-refractivity contribution in [3.63, 3.8) is 0 Å². The number of carboxylic acid groups (broad SMARTS) is 1. The lowest BCUT2D eigenvalue weighted by Crippen LogP contribution is -2.46. The molecule has 2 aliphatic heterocycles. The average molecular weight is 240 g/mol. The van der Waals surface area contributed by atoms with Crippen LogP contribution in [-0.4, -0.2) is 47.6 Å². The monoisotopic (exact) mass is 240 g/mol. The summed E-state index contributed by atoms with van der Waals surface area (Å²) in [5, 5.41) is 12.3. The fourth-order valence-electron chi connectivity index (χ4n) is 2.69. The van der Waals surface area contributed by atoms with Crippen LogP contribution in [-0.2, 0) is 9.59 Å². The number of hydrogen-bond donors (Lipinski definition) is 2. The molecule has 0 aliphatic carbocycles. The highest BCUT2D eigenvalue weighted by atomic mass is 16.4. The Morgan fingerprint density at radius 3 is 2.65 bits per heavy atom. The summed E-state index contributed by atoms with van der Waals surface area (Å²) in [7, 11) is 0. The maximum Gasteiger partial charge on any atom is 0.311 e. The number of amides is 1. The number of rotatable bonds is 2. The van der Waals surface area contributed by atoms with E-state index in [1.54, 1.807) is 11.8 Å². The molecule has 96 valence electrons. The van der Waals surface area contributed by atoms with Gasteiger partial charge in [-0.25, -0.2) is 0 Å². The summed E-state index contributed by atoms with van der Waals surface area (Å²) in [6.45, 7) is 5.56. The highest BCUT2D eigenvalue weighted by Crippen LogP contribution is 2.31. The van der Waals surface area contributed by atoms with Crippen molar-refractivity contribution in [2.24, 2.45) is 11.3 Å². The Kier molecular flexibility index (Phi) is 3.12. The molecule has 0 aromatic rings. The maximum atomic E-state index is 12.2. The fraction of sp³-hybridized carbons (Fsp3) is 0.833. The molecule has 0 aromatic carbocycles. The van der Waals surface area contributed by atoms with E-state index in [9.17, 15) is 9.59 Å². The number of aliphatic carboxylic acids is 1. The van der Waals surface area contributed by atoms with E-state index < -0.39 is 11.4 Å². The van der Waals surface area contributed by atoms with E-state index in [0.29, 0.717) is 25.4 Å². The van der Waals surface area contributed by atoms with E-state index in [0.717, 1.165) is 13.0 Å². The van der Waals surface area contributed by atoms with Crippen LogP contribution < -0.4 is 5.32 Å². The zero-order valence-corrected chi connectivity index (χ0v) is 10.4. The zero-order chi connectivity index (χ0) is 12.6. The number of carboxylic acids is 1. The minimum absolute atomic E-state index is 0.0694. The third-order valence-electron chi connectivity index (χ3n) is 4.10. The van der Waals surface area contributed by atoms with Crippen LogP contribution in [0.1, 0.15) is 26.7 Å². The van der Waals surface area contributed by atoms with Crippen LogP contribution in [0.5, 0.6) is 0 Å². The number of nitrogens with zero attached hydrogens (tertiary/aromatic N) is 1. The van der Waals surface area contributed by atoms with Crippen molar-refractivity contribution in [2.75, 3.05) is 19.6 Å². The van der Waals surface area contributed by atoms with Gasteiger partial charge in [-0.1, -0.05) is 6.92 Å². The van der Waals surface area contributed by atoms with Crippen molar-refractivity contribution in [1.82, 2.24) is 10.2 Å². The molecule has 3 atom stereocenters. The molecule has 5 nitrogen and oxygen atoms in total. The molecule has 17 heavy (non-hydrogen) atoms. The van der Waals surface area contributed by atoms with Gasteiger partial charge in [0, 0.05) is 13.1 Å². The van der Waals surface area contributed by atoms with Gasteiger partial charge in [0.15, 0.2) is 0 Å². The molecule has 0 bridgehead atoms. The van der Waals surface area contributed by atoms with Crippen LogP contribution in [0.15, 0.2) is 0 Å². The van der Waals surface area contributed by atoms with E-state index in [1.807, 2.05) is 0 Å². The molecule has 2 aliphatic rings. The predicted molar refractivity (Wildman–Crippen MR) is 62.5 cm³/mol. The van der Waals surface area contributed by atoms with E-state index in [2.05, 4.69) is 12.2 Å². The average Bonchev–Trinajstić information content (AvgIpc) is 2.85. The van der Waals surface area contributed by atoms with Crippen molar-refractivity contribution in [3.8, 4) is 0 Å². The quantitative estimate of drug-likeness (QED) is 0.728. The van der Waals surface area contributed by atoms with Crippen LogP contribution in [0.2, 0.25) is 0 Å². The first-order valence-corrected chi connectivity index (χ1v) is 6.19. The standard InChI is InChI=1S/C12H20N2O3/c1-8-3-5-13-9(8)10(15)14-6-4-12(2,7-14)11(16)17/h8-9,13H,3-7H2,1-2H3,(H,16,17). The third-order valence-corrected chi connectivity index (χ3v) is 4.10. The second-order valence-electron chi connectivity index (χ2n) is 5.57. The molecule has 0 aromatic heterocycles. The minimum atomic E-state index is -0.805. The second-order valence-corrected chi connectivity index (χ2v) is 5.57. The van der Waals surface area contributed by atoms with Gasteiger partial charge in [-0.15, -0.1) is 0 Å². The van der Waals surface area contributed by atoms with Crippen molar-refractivity contribution in [1.29, 1.82) is 0 Å². The lowest BCUT2D eigenvalue weighted by molar-refractivity contribution is -0.147. The Balaban J connectivity index is 2.01. The summed E-state index contributed by atoms with van der Waals surface area (Å²) in [6.07, 6.45) is 1.57. The van der Waals surface area contributed by atoms with Crippen LogP contribution >= 0.6 is 0 Å². The summed E-state index contributed by atoms with van der Waals surface area (Å²) in [5.41, 5.74) is -0.766. The smallest absolute Gasteiger partial charge is 0.311 e. The molecule has 5 heteroatoms. The molecule has 2 saturated heterocycles. The van der Waals surface area contributed by atoms with E-state index >= 15 is 0 Å². The Morgan fingerprint density at radius 2 is 2.18 bits per heavy atom. The van der Waals surface area contributed by atoms with Gasteiger partial charge in [0.25, 0.3) is 0 Å². The first-order chi connectivity index (χ1) is 7.94. The first kappa shape index (κ1) is 12.4. The maximum absolute atomic E-state index is 12.2. The summed E-state index contributed by atoms with van der Waals surface area (Å²) in [5.74, 6) is -0.389. The Hall–Kier alpha value is -1.10. The summed E-state index contributed by atoms with van der Waals surface area (Å²) in [6, 6.07) is -0.119. The summed E-state index contributed by atoms with van der Waals surface area (Å²) >= 11 is 0. The van der Waals surface area contributed by atoms with Crippen molar-refractivity contribution < 1.29 is 14.7 Å². The molecular weight excluding hydrogens is 220 g/mol. The molecule has 2 fully saturated rings. The highest BCUT2D eigenvalue weighted by Gasteiger charge is 2.44. The highest BCUT2D eigenvalue weighted by molar-refractivity contribution is 5.84. The second kappa shape index (κ2) is 4.29. The van der Waals surface area contributed by atoms with E-state index in [-0.39, 0.29) is 11.9 Å². The van der Waals surface area contributed by atoms with Gasteiger partial charge in [0.05, 0.1) is 11.5 Å². The molecule has 2 N–H and O–H groups in total. The largest absolute Gasteiger partial charge is 0.481 e. The fourth-order valence-corrected chi connectivity index (χ4v) is 2.69. The van der Waals surface area contributed by atoms with Crippen LogP contribution in [0, 0.1) is 11.3 Å². The molecule has 0 saturated carbocycles. The Labute approximate surface area is 101 Å². The number of nitrogens with one attached hydrogen (secondary N) is 1. The lowest BCUT2D eigenvalue weighted by atomic mass is 9.90. The first-order valence-electron chi connectivity index (χ1n) is 6.19.